The molecular formula is C36H37F2NO5. The summed E-state index contributed by atoms with van der Waals surface area (Å²) in [5, 5.41) is 0. The van der Waals surface area contributed by atoms with E-state index in [1.54, 1.807) is 6.07 Å². The first-order valence-electron chi connectivity index (χ1n) is 15.0. The minimum Gasteiger partial charge on any atom is -0.454 e. The van der Waals surface area contributed by atoms with Gasteiger partial charge in [0, 0.05) is 19.2 Å². The van der Waals surface area contributed by atoms with Gasteiger partial charge in [0.1, 0.15) is 24.7 Å². The summed E-state index contributed by atoms with van der Waals surface area (Å²) in [4.78, 5) is 2.01. The van der Waals surface area contributed by atoms with E-state index < -0.39 is 31.0 Å². The van der Waals surface area contributed by atoms with Crippen LogP contribution in [0.5, 0.6) is 11.5 Å². The van der Waals surface area contributed by atoms with Crippen molar-refractivity contribution >= 4 is 0 Å². The first kappa shape index (κ1) is 30.2. The van der Waals surface area contributed by atoms with Crippen LogP contribution in [0.3, 0.4) is 0 Å². The predicted molar refractivity (Wildman–Crippen MR) is 163 cm³/mol. The maximum atomic E-state index is 15.1. The second-order valence-corrected chi connectivity index (χ2v) is 11.1. The van der Waals surface area contributed by atoms with E-state index in [2.05, 4.69) is 0 Å². The van der Waals surface area contributed by atoms with E-state index >= 15 is 4.39 Å². The van der Waals surface area contributed by atoms with Crippen LogP contribution in [0.2, 0.25) is 0 Å². The Morgan fingerprint density at radius 2 is 1.20 bits per heavy atom. The number of halogens is 2. The molecule has 44 heavy (non-hydrogen) atoms. The van der Waals surface area contributed by atoms with Crippen LogP contribution >= 0.6 is 0 Å². The lowest BCUT2D eigenvalue weighted by Crippen LogP contribution is -2.64. The Kier molecular flexibility index (Phi) is 10.1. The molecule has 0 aliphatic carbocycles. The molecule has 6 nitrogen and oxygen atoms in total. The van der Waals surface area contributed by atoms with Gasteiger partial charge >= 0.3 is 0 Å². The van der Waals surface area contributed by atoms with Crippen LogP contribution in [0.25, 0.3) is 0 Å². The van der Waals surface area contributed by atoms with Crippen molar-refractivity contribution in [2.75, 3.05) is 26.6 Å². The van der Waals surface area contributed by atoms with Gasteiger partial charge in [-0.1, -0.05) is 91.0 Å². The molecule has 1 fully saturated rings. The fourth-order valence-electron chi connectivity index (χ4n) is 5.83. The number of likely N-dealkylation sites (tertiary alicyclic amines) is 1. The van der Waals surface area contributed by atoms with E-state index in [4.69, 9.17) is 23.7 Å². The fourth-order valence-corrected chi connectivity index (χ4v) is 5.83. The number of nitrogens with zero attached hydrogens (tertiary/aromatic N) is 1. The van der Waals surface area contributed by atoms with Crippen molar-refractivity contribution in [3.8, 4) is 11.5 Å². The third-order valence-corrected chi connectivity index (χ3v) is 8.20. The van der Waals surface area contributed by atoms with Crippen molar-refractivity contribution in [2.24, 2.45) is 0 Å². The number of hydrogen-bond donors (Lipinski definition) is 0. The van der Waals surface area contributed by atoms with Crippen LogP contribution in [0.4, 0.5) is 8.78 Å². The lowest BCUT2D eigenvalue weighted by Gasteiger charge is -2.47. The molecule has 0 bridgehead atoms. The second kappa shape index (κ2) is 14.8. The van der Waals surface area contributed by atoms with E-state index in [9.17, 15) is 4.39 Å². The molecule has 6 rings (SSSR count). The van der Waals surface area contributed by atoms with E-state index in [-0.39, 0.29) is 12.6 Å². The number of piperidine rings is 1. The third-order valence-electron chi connectivity index (χ3n) is 8.20. The molecule has 2 aliphatic rings. The molecule has 4 atom stereocenters. The van der Waals surface area contributed by atoms with Gasteiger partial charge in [0.2, 0.25) is 6.79 Å². The number of fused-ring (bicyclic) bond motifs is 1. The third kappa shape index (κ3) is 7.45. The number of benzene rings is 4. The van der Waals surface area contributed by atoms with Crippen LogP contribution in [0.15, 0.2) is 103 Å². The smallest absolute Gasteiger partial charge is 0.231 e. The van der Waals surface area contributed by atoms with Crippen LogP contribution in [0, 0.1) is 5.82 Å². The molecule has 0 unspecified atom stereocenters. The fraction of sp³-hybridized carbons (Fsp3) is 0.333. The van der Waals surface area contributed by atoms with Crippen molar-refractivity contribution in [2.45, 2.75) is 50.6 Å². The highest BCUT2D eigenvalue weighted by molar-refractivity contribution is 5.45. The molecule has 2 heterocycles. The Morgan fingerprint density at radius 3 is 1.77 bits per heavy atom. The van der Waals surface area contributed by atoms with E-state index in [1.165, 1.54) is 6.07 Å². The summed E-state index contributed by atoms with van der Waals surface area (Å²) in [6, 6.07) is 32.0. The molecule has 0 amide bonds. The van der Waals surface area contributed by atoms with Gasteiger partial charge in [0.25, 0.3) is 0 Å². The molecule has 0 N–H and O–H groups in total. The van der Waals surface area contributed by atoms with Gasteiger partial charge in [-0.3, -0.25) is 4.90 Å². The summed E-state index contributed by atoms with van der Waals surface area (Å²) in [7, 11) is 0. The molecule has 2 aliphatic heterocycles. The number of alkyl halides is 1. The Balaban J connectivity index is 1.26. The topological polar surface area (TPSA) is 49.4 Å². The molecule has 1 saturated heterocycles. The summed E-state index contributed by atoms with van der Waals surface area (Å²) in [5.74, 6) is 0.540. The quantitative estimate of drug-likeness (QED) is 0.174. The van der Waals surface area contributed by atoms with Crippen LogP contribution in [-0.4, -0.2) is 55.8 Å². The lowest BCUT2D eigenvalue weighted by atomic mass is 9.92. The van der Waals surface area contributed by atoms with Gasteiger partial charge in [-0.15, -0.1) is 0 Å². The van der Waals surface area contributed by atoms with Crippen LogP contribution in [-0.2, 0) is 40.5 Å². The minimum absolute atomic E-state index is 0.0690. The number of rotatable bonds is 13. The average Bonchev–Trinajstić information content (AvgIpc) is 3.53. The van der Waals surface area contributed by atoms with Gasteiger partial charge in [0.05, 0.1) is 32.0 Å². The summed E-state index contributed by atoms with van der Waals surface area (Å²) >= 11 is 0. The monoisotopic (exact) mass is 601 g/mol. The molecule has 0 radical (unpaired) electrons. The van der Waals surface area contributed by atoms with Gasteiger partial charge in [0.15, 0.2) is 11.5 Å². The van der Waals surface area contributed by atoms with Crippen molar-refractivity contribution in [3.05, 3.63) is 131 Å². The average molecular weight is 602 g/mol. The molecule has 0 spiro atoms. The highest BCUT2D eigenvalue weighted by atomic mass is 19.1. The summed E-state index contributed by atoms with van der Waals surface area (Å²) in [6.45, 7) is 1.21. The number of hydrogen-bond acceptors (Lipinski definition) is 6. The molecule has 0 saturated carbocycles. The molecule has 8 heteroatoms. The van der Waals surface area contributed by atoms with E-state index in [0.29, 0.717) is 56.4 Å². The Hall–Kier alpha value is -3.82. The maximum Gasteiger partial charge on any atom is 0.231 e. The number of ether oxygens (including phenoxy) is 5. The lowest BCUT2D eigenvalue weighted by molar-refractivity contribution is -0.205. The first-order valence-corrected chi connectivity index (χ1v) is 15.0. The van der Waals surface area contributed by atoms with E-state index in [0.717, 1.165) is 16.7 Å². The zero-order valence-corrected chi connectivity index (χ0v) is 24.5. The maximum absolute atomic E-state index is 15.1. The van der Waals surface area contributed by atoms with Crippen molar-refractivity contribution in [1.29, 1.82) is 0 Å². The highest BCUT2D eigenvalue weighted by Gasteiger charge is 2.46. The van der Waals surface area contributed by atoms with Gasteiger partial charge in [-0.25, -0.2) is 8.78 Å². The zero-order valence-electron chi connectivity index (χ0n) is 24.5. The van der Waals surface area contributed by atoms with E-state index in [1.807, 2.05) is 95.9 Å². The van der Waals surface area contributed by atoms with Crippen molar-refractivity contribution in [3.63, 3.8) is 0 Å². The summed E-state index contributed by atoms with van der Waals surface area (Å²) in [6.07, 6.45) is -1.25. The van der Waals surface area contributed by atoms with Gasteiger partial charge < -0.3 is 23.7 Å². The predicted octanol–water partition coefficient (Wildman–Crippen LogP) is 6.51. The minimum atomic E-state index is -0.653. The Morgan fingerprint density at radius 1 is 0.682 bits per heavy atom. The highest BCUT2D eigenvalue weighted by Crippen LogP contribution is 2.35. The van der Waals surface area contributed by atoms with Gasteiger partial charge in [-0.05, 0) is 34.7 Å². The molecular weight excluding hydrogens is 564 g/mol. The molecule has 4 aromatic rings. The van der Waals surface area contributed by atoms with Crippen molar-refractivity contribution < 1.29 is 32.5 Å². The standard InChI is InChI=1S/C36H37F2NO5/c37-20-31-35(41-23-27-12-6-2-7-13-27)36(42-24-28-14-8-3-9-15-28)34(40-22-26-10-4-1-5-11-26)21-39(31)17-16-29-18-32-33(19-30(29)38)44-25-43-32/h1-15,18-19,31,34-36H,16-17,20-25H2/t31-,34+,35-,36-/m1/s1. The largest absolute Gasteiger partial charge is 0.454 e. The van der Waals surface area contributed by atoms with Crippen molar-refractivity contribution in [1.82, 2.24) is 4.90 Å². The first-order chi connectivity index (χ1) is 21.7. The Bertz CT molecular complexity index is 1460. The summed E-state index contributed by atoms with van der Waals surface area (Å²) < 4.78 is 60.4. The van der Waals surface area contributed by atoms with Gasteiger partial charge in [-0.2, -0.15) is 0 Å². The molecule has 4 aromatic carbocycles. The second-order valence-electron chi connectivity index (χ2n) is 11.1. The summed E-state index contributed by atoms with van der Waals surface area (Å²) in [5.41, 5.74) is 3.50. The SMILES string of the molecule is FC[C@@H]1[C@@H](OCc2ccccc2)[C@H](OCc2ccccc2)[C@@H](OCc2ccccc2)CN1CCc1cc2c(cc1F)OCO2. The normalized spacial score (nSPS) is 21.4. The Labute approximate surface area is 257 Å². The zero-order chi connectivity index (χ0) is 30.1. The molecule has 230 valence electrons. The van der Waals surface area contributed by atoms with Crippen LogP contribution in [0.1, 0.15) is 22.3 Å². The van der Waals surface area contributed by atoms with Crippen LogP contribution < -0.4 is 9.47 Å². The molecule has 0 aromatic heterocycles.